The van der Waals surface area contributed by atoms with E-state index in [2.05, 4.69) is 41.5 Å². The van der Waals surface area contributed by atoms with Crippen LogP contribution in [0, 0.1) is 17.8 Å². The highest BCUT2D eigenvalue weighted by molar-refractivity contribution is 5.71. The molecule has 356 valence electrons. The molecule has 0 bridgehead atoms. The normalized spacial score (nSPS) is 13.1. The Morgan fingerprint density at radius 3 is 0.867 bits per heavy atom. The summed E-state index contributed by atoms with van der Waals surface area (Å²) in [4.78, 5) is 38.0. The third-order valence-electron chi connectivity index (χ3n) is 12.9. The lowest BCUT2D eigenvalue weighted by Crippen LogP contribution is -2.30. The SMILES string of the molecule is CCC(C)CCCCCCCCCCCCC(=O)O[C@@H](COC(=O)CCCCCCCCCCCCCCCC(C)C)COC(=O)CCCCCCCCCCC(C)CC. The first-order valence-electron chi connectivity index (χ1n) is 26.7. The van der Waals surface area contributed by atoms with E-state index in [0.29, 0.717) is 19.3 Å². The van der Waals surface area contributed by atoms with E-state index in [1.165, 1.54) is 173 Å². The van der Waals surface area contributed by atoms with E-state index in [4.69, 9.17) is 14.2 Å². The van der Waals surface area contributed by atoms with Crippen molar-refractivity contribution in [2.45, 2.75) is 298 Å². The van der Waals surface area contributed by atoms with Gasteiger partial charge in [-0.05, 0) is 37.0 Å². The smallest absolute Gasteiger partial charge is 0.306 e. The highest BCUT2D eigenvalue weighted by Gasteiger charge is 2.19. The van der Waals surface area contributed by atoms with Gasteiger partial charge in [0.25, 0.3) is 0 Å². The van der Waals surface area contributed by atoms with Crippen LogP contribution in [0.3, 0.4) is 0 Å². The molecule has 2 unspecified atom stereocenters. The number of rotatable bonds is 47. The van der Waals surface area contributed by atoms with Crippen molar-refractivity contribution in [1.29, 1.82) is 0 Å². The van der Waals surface area contributed by atoms with E-state index in [9.17, 15) is 14.4 Å². The maximum absolute atomic E-state index is 12.8. The molecular weight excluding hydrogens is 745 g/mol. The number of carbonyl (C=O) groups is 3. The Labute approximate surface area is 374 Å². The Hall–Kier alpha value is -1.59. The van der Waals surface area contributed by atoms with E-state index < -0.39 is 6.10 Å². The van der Waals surface area contributed by atoms with Crippen molar-refractivity contribution >= 4 is 17.9 Å². The molecule has 0 amide bonds. The Kier molecular flexibility index (Phi) is 44.2. The topological polar surface area (TPSA) is 78.9 Å². The van der Waals surface area contributed by atoms with Crippen molar-refractivity contribution in [3.63, 3.8) is 0 Å². The second-order valence-corrected chi connectivity index (χ2v) is 19.5. The first kappa shape index (κ1) is 58.4. The lowest BCUT2D eigenvalue weighted by Gasteiger charge is -2.18. The molecule has 6 heteroatoms. The van der Waals surface area contributed by atoms with Crippen LogP contribution in [0.15, 0.2) is 0 Å². The first-order valence-corrected chi connectivity index (χ1v) is 26.7. The summed E-state index contributed by atoms with van der Waals surface area (Å²) in [5, 5.41) is 0. The molecule has 6 nitrogen and oxygen atoms in total. The predicted octanol–water partition coefficient (Wildman–Crippen LogP) is 17.2. The van der Waals surface area contributed by atoms with Gasteiger partial charge in [0.2, 0.25) is 0 Å². The lowest BCUT2D eigenvalue weighted by molar-refractivity contribution is -0.167. The molecule has 3 atom stereocenters. The van der Waals surface area contributed by atoms with Crippen molar-refractivity contribution in [3.05, 3.63) is 0 Å². The zero-order valence-corrected chi connectivity index (χ0v) is 41.3. The number of ether oxygens (including phenoxy) is 3. The molecule has 0 N–H and O–H groups in total. The average molecular weight is 849 g/mol. The van der Waals surface area contributed by atoms with Gasteiger partial charge in [-0.2, -0.15) is 0 Å². The third-order valence-corrected chi connectivity index (χ3v) is 12.9. The standard InChI is InChI=1S/C54H104O6/c1-7-49(5)41-35-29-23-17-14-15-19-27-33-39-45-54(57)60-51(47-59-53(56)44-38-32-26-21-20-24-30-36-42-50(6)8-2)46-58-52(55)43-37-31-25-18-13-11-9-10-12-16-22-28-34-40-48(3)4/h48-51H,7-47H2,1-6H3/t49?,50?,51-/m0/s1. The summed E-state index contributed by atoms with van der Waals surface area (Å²) in [7, 11) is 0. The Balaban J connectivity index is 4.33. The minimum atomic E-state index is -0.763. The molecule has 0 saturated carbocycles. The molecule has 0 spiro atoms. The van der Waals surface area contributed by atoms with Crippen LogP contribution in [0.25, 0.3) is 0 Å². The van der Waals surface area contributed by atoms with E-state index in [-0.39, 0.29) is 31.1 Å². The largest absolute Gasteiger partial charge is 0.462 e. The lowest BCUT2D eigenvalue weighted by atomic mass is 9.99. The molecule has 0 fully saturated rings. The van der Waals surface area contributed by atoms with Crippen LogP contribution in [-0.2, 0) is 28.6 Å². The van der Waals surface area contributed by atoms with Gasteiger partial charge in [-0.1, -0.05) is 253 Å². The van der Waals surface area contributed by atoms with Gasteiger partial charge in [-0.25, -0.2) is 0 Å². The molecule has 0 saturated heterocycles. The molecule has 0 radical (unpaired) electrons. The maximum Gasteiger partial charge on any atom is 0.306 e. The molecule has 0 aliphatic rings. The zero-order chi connectivity index (χ0) is 44.2. The quantitative estimate of drug-likeness (QED) is 0.0345. The Bertz CT molecular complexity index is 933. The van der Waals surface area contributed by atoms with Crippen molar-refractivity contribution in [2.75, 3.05) is 13.2 Å². The van der Waals surface area contributed by atoms with Gasteiger partial charge < -0.3 is 14.2 Å². The summed E-state index contributed by atoms with van der Waals surface area (Å²) in [5.74, 6) is 1.70. The molecule has 60 heavy (non-hydrogen) atoms. The summed E-state index contributed by atoms with van der Waals surface area (Å²) >= 11 is 0. The monoisotopic (exact) mass is 849 g/mol. The van der Waals surface area contributed by atoms with Gasteiger partial charge in [-0.15, -0.1) is 0 Å². The van der Waals surface area contributed by atoms with Crippen molar-refractivity contribution < 1.29 is 28.6 Å². The molecule has 0 aromatic carbocycles. The van der Waals surface area contributed by atoms with Crippen LogP contribution < -0.4 is 0 Å². The number of hydrogen-bond donors (Lipinski definition) is 0. The summed E-state index contributed by atoms with van der Waals surface area (Å²) in [5.41, 5.74) is 0. The van der Waals surface area contributed by atoms with Crippen LogP contribution in [0.2, 0.25) is 0 Å². The molecule has 0 heterocycles. The van der Waals surface area contributed by atoms with E-state index in [1.54, 1.807) is 0 Å². The minimum absolute atomic E-state index is 0.0647. The Morgan fingerprint density at radius 1 is 0.333 bits per heavy atom. The van der Waals surface area contributed by atoms with E-state index in [1.807, 2.05) is 0 Å². The number of esters is 3. The second kappa shape index (κ2) is 45.4. The van der Waals surface area contributed by atoms with Crippen molar-refractivity contribution in [2.24, 2.45) is 17.8 Å². The summed E-state index contributed by atoms with van der Waals surface area (Å²) in [6.07, 6.45) is 45.0. The highest BCUT2D eigenvalue weighted by Crippen LogP contribution is 2.18. The van der Waals surface area contributed by atoms with Gasteiger partial charge in [0.05, 0.1) is 0 Å². The van der Waals surface area contributed by atoms with Gasteiger partial charge in [0, 0.05) is 19.3 Å². The van der Waals surface area contributed by atoms with Crippen molar-refractivity contribution in [1.82, 2.24) is 0 Å². The summed E-state index contributed by atoms with van der Waals surface area (Å²) in [6.45, 7) is 13.8. The molecule has 0 aliphatic heterocycles. The maximum atomic E-state index is 12.8. The van der Waals surface area contributed by atoms with Crippen LogP contribution in [0.4, 0.5) is 0 Å². The molecular formula is C54H104O6. The van der Waals surface area contributed by atoms with Gasteiger partial charge in [0.15, 0.2) is 6.10 Å². The fourth-order valence-electron chi connectivity index (χ4n) is 8.05. The van der Waals surface area contributed by atoms with Gasteiger partial charge in [0.1, 0.15) is 13.2 Å². The predicted molar refractivity (Wildman–Crippen MR) is 256 cm³/mol. The average Bonchev–Trinajstić information content (AvgIpc) is 3.23. The third kappa shape index (κ3) is 44.5. The fraction of sp³-hybridized carbons (Fsp3) is 0.944. The molecule has 0 aromatic rings. The molecule has 0 aromatic heterocycles. The van der Waals surface area contributed by atoms with Gasteiger partial charge >= 0.3 is 17.9 Å². The first-order chi connectivity index (χ1) is 29.2. The number of hydrogen-bond acceptors (Lipinski definition) is 6. The molecule has 0 rings (SSSR count). The van der Waals surface area contributed by atoms with Crippen LogP contribution in [-0.4, -0.2) is 37.2 Å². The Morgan fingerprint density at radius 2 is 0.583 bits per heavy atom. The van der Waals surface area contributed by atoms with Crippen LogP contribution in [0.1, 0.15) is 292 Å². The molecule has 0 aliphatic carbocycles. The van der Waals surface area contributed by atoms with Crippen LogP contribution in [0.5, 0.6) is 0 Å². The van der Waals surface area contributed by atoms with E-state index >= 15 is 0 Å². The number of unbranched alkanes of at least 4 members (excludes halogenated alkanes) is 28. The van der Waals surface area contributed by atoms with E-state index in [0.717, 1.165) is 75.5 Å². The fourth-order valence-corrected chi connectivity index (χ4v) is 8.05. The minimum Gasteiger partial charge on any atom is -0.462 e. The number of carbonyl (C=O) groups excluding carboxylic acids is 3. The summed E-state index contributed by atoms with van der Waals surface area (Å²) in [6, 6.07) is 0. The summed E-state index contributed by atoms with van der Waals surface area (Å²) < 4.78 is 16.8. The zero-order valence-electron chi connectivity index (χ0n) is 41.3. The van der Waals surface area contributed by atoms with Gasteiger partial charge in [-0.3, -0.25) is 14.4 Å². The van der Waals surface area contributed by atoms with Crippen LogP contribution >= 0.6 is 0 Å². The van der Waals surface area contributed by atoms with Crippen molar-refractivity contribution in [3.8, 4) is 0 Å². The highest BCUT2D eigenvalue weighted by atomic mass is 16.6. The second-order valence-electron chi connectivity index (χ2n) is 19.5.